The Kier molecular flexibility index (Phi) is 2.56. The van der Waals surface area contributed by atoms with E-state index in [-0.39, 0.29) is 5.91 Å². The SMILES string of the molecule is CONC(=O)c1csc(C)n1. The van der Waals surface area contributed by atoms with E-state index in [1.807, 2.05) is 6.92 Å². The molecule has 0 aliphatic carbocycles. The Labute approximate surface area is 68.2 Å². The number of aryl methyl sites for hydroxylation is 1. The topological polar surface area (TPSA) is 51.2 Å². The highest BCUT2D eigenvalue weighted by atomic mass is 32.1. The number of thiazole rings is 1. The number of nitrogens with zero attached hydrogens (tertiary/aromatic N) is 1. The third kappa shape index (κ3) is 1.99. The zero-order valence-electron chi connectivity index (χ0n) is 6.25. The number of amides is 1. The maximum Gasteiger partial charge on any atom is 0.294 e. The minimum Gasteiger partial charge on any atom is -0.277 e. The van der Waals surface area contributed by atoms with Gasteiger partial charge in [-0.2, -0.15) is 0 Å². The summed E-state index contributed by atoms with van der Waals surface area (Å²) < 4.78 is 0. The number of rotatable bonds is 2. The summed E-state index contributed by atoms with van der Waals surface area (Å²) in [5.41, 5.74) is 2.58. The first-order valence-electron chi connectivity index (χ1n) is 2.99. The molecule has 1 rings (SSSR count). The Morgan fingerprint density at radius 1 is 1.82 bits per heavy atom. The highest BCUT2D eigenvalue weighted by Gasteiger charge is 2.07. The minimum atomic E-state index is -0.308. The highest BCUT2D eigenvalue weighted by Crippen LogP contribution is 2.06. The van der Waals surface area contributed by atoms with Crippen molar-refractivity contribution in [3.8, 4) is 0 Å². The maximum absolute atomic E-state index is 11.0. The molecule has 0 spiro atoms. The van der Waals surface area contributed by atoms with Crippen LogP contribution in [0.4, 0.5) is 0 Å². The van der Waals surface area contributed by atoms with Gasteiger partial charge in [-0.25, -0.2) is 10.5 Å². The molecule has 1 N–H and O–H groups in total. The van der Waals surface area contributed by atoms with Gasteiger partial charge in [-0.05, 0) is 6.92 Å². The van der Waals surface area contributed by atoms with Crippen LogP contribution in [0.25, 0.3) is 0 Å². The van der Waals surface area contributed by atoms with Crippen LogP contribution in [0.1, 0.15) is 15.5 Å². The lowest BCUT2D eigenvalue weighted by Crippen LogP contribution is -2.21. The molecule has 5 heteroatoms. The molecular formula is C6H8N2O2S. The third-order valence-corrected chi connectivity index (χ3v) is 1.82. The molecule has 0 unspecified atom stereocenters. The summed E-state index contributed by atoms with van der Waals surface area (Å²) in [7, 11) is 1.39. The zero-order valence-corrected chi connectivity index (χ0v) is 7.07. The van der Waals surface area contributed by atoms with Crippen LogP contribution in [0.3, 0.4) is 0 Å². The molecule has 1 amide bonds. The fourth-order valence-electron chi connectivity index (χ4n) is 0.613. The number of nitrogens with one attached hydrogen (secondary N) is 1. The van der Waals surface area contributed by atoms with Crippen molar-refractivity contribution < 1.29 is 9.63 Å². The molecule has 0 atom stereocenters. The standard InChI is InChI=1S/C6H8N2O2S/c1-4-7-5(3-11-4)6(9)8-10-2/h3H,1-2H3,(H,8,9). The molecule has 1 aromatic rings. The lowest BCUT2D eigenvalue weighted by atomic mass is 10.5. The molecule has 11 heavy (non-hydrogen) atoms. The Balaban J connectivity index is 2.69. The van der Waals surface area contributed by atoms with Gasteiger partial charge in [0.15, 0.2) is 0 Å². The first kappa shape index (κ1) is 8.16. The Morgan fingerprint density at radius 3 is 3.00 bits per heavy atom. The summed E-state index contributed by atoms with van der Waals surface area (Å²) in [5.74, 6) is -0.308. The molecule has 0 bridgehead atoms. The van der Waals surface area contributed by atoms with E-state index in [9.17, 15) is 4.79 Å². The summed E-state index contributed by atoms with van der Waals surface area (Å²) in [6.07, 6.45) is 0. The Hall–Kier alpha value is -0.940. The summed E-state index contributed by atoms with van der Waals surface area (Å²) in [4.78, 5) is 19.4. The highest BCUT2D eigenvalue weighted by molar-refractivity contribution is 7.09. The first-order valence-corrected chi connectivity index (χ1v) is 3.87. The molecule has 0 saturated carbocycles. The summed E-state index contributed by atoms with van der Waals surface area (Å²) >= 11 is 1.43. The predicted octanol–water partition coefficient (Wildman–Crippen LogP) is 0.743. The quantitative estimate of drug-likeness (QED) is 0.669. The fourth-order valence-corrected chi connectivity index (χ4v) is 1.21. The van der Waals surface area contributed by atoms with Crippen LogP contribution in [-0.2, 0) is 4.84 Å². The number of hydrogen-bond acceptors (Lipinski definition) is 4. The Bertz CT molecular complexity index is 259. The molecule has 0 saturated heterocycles. The van der Waals surface area contributed by atoms with Crippen LogP contribution in [-0.4, -0.2) is 18.0 Å². The number of carbonyl (C=O) groups is 1. The normalized spacial score (nSPS) is 9.64. The molecular weight excluding hydrogens is 164 g/mol. The molecule has 60 valence electrons. The molecule has 0 aliphatic heterocycles. The van der Waals surface area contributed by atoms with Gasteiger partial charge in [0, 0.05) is 5.38 Å². The number of aromatic nitrogens is 1. The number of carbonyl (C=O) groups excluding carboxylic acids is 1. The summed E-state index contributed by atoms with van der Waals surface area (Å²) in [5, 5.41) is 2.55. The second-order valence-corrected chi connectivity index (χ2v) is 2.95. The van der Waals surface area contributed by atoms with Crippen molar-refractivity contribution in [1.82, 2.24) is 10.5 Å². The molecule has 0 aromatic carbocycles. The van der Waals surface area contributed by atoms with Gasteiger partial charge in [0.1, 0.15) is 5.69 Å². The third-order valence-electron chi connectivity index (χ3n) is 1.05. The molecule has 4 nitrogen and oxygen atoms in total. The van der Waals surface area contributed by atoms with Gasteiger partial charge in [-0.3, -0.25) is 9.63 Å². The van der Waals surface area contributed by atoms with Gasteiger partial charge in [0.25, 0.3) is 5.91 Å². The van der Waals surface area contributed by atoms with Gasteiger partial charge >= 0.3 is 0 Å². The van der Waals surface area contributed by atoms with Crippen molar-refractivity contribution in [2.24, 2.45) is 0 Å². The van der Waals surface area contributed by atoms with E-state index in [4.69, 9.17) is 0 Å². The van der Waals surface area contributed by atoms with E-state index in [0.717, 1.165) is 5.01 Å². The summed E-state index contributed by atoms with van der Waals surface area (Å²) in [6.45, 7) is 1.84. The molecule has 0 fully saturated rings. The fraction of sp³-hybridized carbons (Fsp3) is 0.333. The van der Waals surface area contributed by atoms with Crippen molar-refractivity contribution in [3.63, 3.8) is 0 Å². The van der Waals surface area contributed by atoms with E-state index in [2.05, 4.69) is 15.3 Å². The minimum absolute atomic E-state index is 0.308. The van der Waals surface area contributed by atoms with E-state index >= 15 is 0 Å². The van der Waals surface area contributed by atoms with Crippen molar-refractivity contribution in [3.05, 3.63) is 16.1 Å². The number of hydrogen-bond donors (Lipinski definition) is 1. The van der Waals surface area contributed by atoms with Crippen molar-refractivity contribution in [2.45, 2.75) is 6.92 Å². The average Bonchev–Trinajstić information content (AvgIpc) is 2.36. The van der Waals surface area contributed by atoms with Crippen LogP contribution in [0.15, 0.2) is 5.38 Å². The van der Waals surface area contributed by atoms with Gasteiger partial charge in [-0.1, -0.05) is 0 Å². The second-order valence-electron chi connectivity index (χ2n) is 1.89. The Morgan fingerprint density at radius 2 is 2.55 bits per heavy atom. The van der Waals surface area contributed by atoms with E-state index < -0.39 is 0 Å². The molecule has 0 radical (unpaired) electrons. The van der Waals surface area contributed by atoms with Crippen LogP contribution < -0.4 is 5.48 Å². The smallest absolute Gasteiger partial charge is 0.277 e. The van der Waals surface area contributed by atoms with E-state index in [1.54, 1.807) is 5.38 Å². The number of hydroxylamine groups is 1. The van der Waals surface area contributed by atoms with Crippen LogP contribution >= 0.6 is 11.3 Å². The van der Waals surface area contributed by atoms with Gasteiger partial charge in [-0.15, -0.1) is 11.3 Å². The van der Waals surface area contributed by atoms with Crippen molar-refractivity contribution in [2.75, 3.05) is 7.11 Å². The maximum atomic E-state index is 11.0. The molecule has 1 heterocycles. The van der Waals surface area contributed by atoms with Crippen molar-refractivity contribution in [1.29, 1.82) is 0 Å². The van der Waals surface area contributed by atoms with Crippen LogP contribution in [0.5, 0.6) is 0 Å². The lowest BCUT2D eigenvalue weighted by Gasteiger charge is -1.95. The van der Waals surface area contributed by atoms with E-state index in [1.165, 1.54) is 18.4 Å². The monoisotopic (exact) mass is 172 g/mol. The summed E-state index contributed by atoms with van der Waals surface area (Å²) in [6, 6.07) is 0. The van der Waals surface area contributed by atoms with Gasteiger partial charge in [0.05, 0.1) is 12.1 Å². The van der Waals surface area contributed by atoms with Gasteiger partial charge < -0.3 is 0 Å². The van der Waals surface area contributed by atoms with E-state index in [0.29, 0.717) is 5.69 Å². The zero-order chi connectivity index (χ0) is 8.27. The molecule has 0 aliphatic rings. The largest absolute Gasteiger partial charge is 0.294 e. The van der Waals surface area contributed by atoms with Crippen molar-refractivity contribution >= 4 is 17.2 Å². The second kappa shape index (κ2) is 3.45. The molecule has 1 aromatic heterocycles. The average molecular weight is 172 g/mol. The van der Waals surface area contributed by atoms with Gasteiger partial charge in [0.2, 0.25) is 0 Å². The lowest BCUT2D eigenvalue weighted by molar-refractivity contribution is 0.0533. The predicted molar refractivity (Wildman–Crippen MR) is 41.3 cm³/mol. The first-order chi connectivity index (χ1) is 5.24. The van der Waals surface area contributed by atoms with Crippen LogP contribution in [0, 0.1) is 6.92 Å². The van der Waals surface area contributed by atoms with Crippen LogP contribution in [0.2, 0.25) is 0 Å².